The van der Waals surface area contributed by atoms with E-state index in [1.807, 2.05) is 25.1 Å². The summed E-state index contributed by atoms with van der Waals surface area (Å²) in [5, 5.41) is 3.09. The van der Waals surface area contributed by atoms with Gasteiger partial charge in [-0.25, -0.2) is 0 Å². The van der Waals surface area contributed by atoms with E-state index in [2.05, 4.69) is 21.2 Å². The van der Waals surface area contributed by atoms with Crippen molar-refractivity contribution in [2.45, 2.75) is 6.92 Å². The molecule has 2 rings (SSSR count). The Balaban J connectivity index is 1.99. The van der Waals surface area contributed by atoms with Crippen molar-refractivity contribution in [2.75, 3.05) is 17.7 Å². The lowest BCUT2D eigenvalue weighted by Gasteiger charge is -2.11. The van der Waals surface area contributed by atoms with Crippen molar-refractivity contribution < 1.29 is 9.53 Å². The zero-order valence-electron chi connectivity index (χ0n) is 11.3. The predicted molar refractivity (Wildman–Crippen MR) is 88.9 cm³/mol. The van der Waals surface area contributed by atoms with Crippen molar-refractivity contribution >= 4 is 44.8 Å². The summed E-state index contributed by atoms with van der Waals surface area (Å²) in [6.45, 7) is 1.80. The fourth-order valence-electron chi connectivity index (χ4n) is 1.70. The van der Waals surface area contributed by atoms with E-state index >= 15 is 0 Å². The summed E-state index contributed by atoms with van der Waals surface area (Å²) >= 11 is 9.35. The number of nitrogens with two attached hydrogens (primary N) is 1. The van der Waals surface area contributed by atoms with Gasteiger partial charge in [0.05, 0.1) is 10.7 Å². The number of ether oxygens (including phenoxy) is 1. The molecule has 0 unspecified atom stereocenters. The largest absolute Gasteiger partial charge is 0.483 e. The fourth-order valence-corrected chi connectivity index (χ4v) is 2.20. The number of aryl methyl sites for hydroxylation is 1. The van der Waals surface area contributed by atoms with Crippen LogP contribution < -0.4 is 15.8 Å². The highest BCUT2D eigenvalue weighted by Gasteiger charge is 2.08. The second-order valence-corrected chi connectivity index (χ2v) is 5.81. The molecule has 0 heterocycles. The quantitative estimate of drug-likeness (QED) is 0.800. The number of hydrogen-bond donors (Lipinski definition) is 2. The van der Waals surface area contributed by atoms with Crippen LogP contribution in [0.2, 0.25) is 5.02 Å². The highest BCUT2D eigenvalue weighted by atomic mass is 79.9. The smallest absolute Gasteiger partial charge is 0.262 e. The minimum atomic E-state index is -0.304. The molecule has 0 saturated heterocycles. The van der Waals surface area contributed by atoms with Crippen LogP contribution in [0, 0.1) is 6.92 Å². The maximum absolute atomic E-state index is 11.9. The van der Waals surface area contributed by atoms with Gasteiger partial charge in [0.1, 0.15) is 5.75 Å². The maximum atomic E-state index is 11.9. The van der Waals surface area contributed by atoms with Crippen LogP contribution in [0.5, 0.6) is 5.75 Å². The van der Waals surface area contributed by atoms with Gasteiger partial charge in [0.15, 0.2) is 6.61 Å². The summed E-state index contributed by atoms with van der Waals surface area (Å²) < 4.78 is 6.40. The second-order valence-electron chi connectivity index (χ2n) is 4.49. The summed E-state index contributed by atoms with van der Waals surface area (Å²) in [5.74, 6) is 0.347. The monoisotopic (exact) mass is 368 g/mol. The second kappa shape index (κ2) is 6.83. The molecule has 6 heteroatoms. The van der Waals surface area contributed by atoms with Crippen LogP contribution in [0.4, 0.5) is 11.4 Å². The molecule has 110 valence electrons. The molecule has 21 heavy (non-hydrogen) atoms. The van der Waals surface area contributed by atoms with Gasteiger partial charge in [-0.05, 0) is 42.8 Å². The first-order valence-corrected chi connectivity index (χ1v) is 7.36. The summed E-state index contributed by atoms with van der Waals surface area (Å²) in [5.41, 5.74) is 7.61. The van der Waals surface area contributed by atoms with Gasteiger partial charge in [0.2, 0.25) is 0 Å². The SMILES string of the molecule is Cc1ccc(Br)cc1OCC(=O)Nc1cc(N)ccc1Cl. The number of hydrogen-bond acceptors (Lipinski definition) is 3. The molecule has 2 aromatic carbocycles. The third kappa shape index (κ3) is 4.37. The van der Waals surface area contributed by atoms with Crippen molar-refractivity contribution in [2.24, 2.45) is 0 Å². The molecule has 3 N–H and O–H groups in total. The fraction of sp³-hybridized carbons (Fsp3) is 0.133. The molecule has 0 aliphatic heterocycles. The Morgan fingerprint density at radius 2 is 2.10 bits per heavy atom. The first-order valence-electron chi connectivity index (χ1n) is 6.19. The van der Waals surface area contributed by atoms with Crippen LogP contribution in [0.3, 0.4) is 0 Å². The van der Waals surface area contributed by atoms with Gasteiger partial charge >= 0.3 is 0 Å². The lowest BCUT2D eigenvalue weighted by molar-refractivity contribution is -0.118. The molecule has 0 radical (unpaired) electrons. The Morgan fingerprint density at radius 1 is 1.33 bits per heavy atom. The standard InChI is InChI=1S/C15H14BrClN2O2/c1-9-2-3-10(16)6-14(9)21-8-15(20)19-13-7-11(18)4-5-12(13)17/h2-7H,8,18H2,1H3,(H,19,20). The molecule has 1 amide bonds. The van der Waals surface area contributed by atoms with Gasteiger partial charge in [-0.3, -0.25) is 4.79 Å². The minimum absolute atomic E-state index is 0.109. The molecule has 0 aliphatic rings. The van der Waals surface area contributed by atoms with E-state index in [1.54, 1.807) is 18.2 Å². The number of benzene rings is 2. The summed E-state index contributed by atoms with van der Waals surface area (Å²) in [7, 11) is 0. The highest BCUT2D eigenvalue weighted by Crippen LogP contribution is 2.25. The van der Waals surface area contributed by atoms with Crippen LogP contribution in [0.15, 0.2) is 40.9 Å². The van der Waals surface area contributed by atoms with Crippen molar-refractivity contribution in [3.8, 4) is 5.75 Å². The number of nitrogen functional groups attached to an aromatic ring is 1. The minimum Gasteiger partial charge on any atom is -0.483 e. The van der Waals surface area contributed by atoms with E-state index in [4.69, 9.17) is 22.1 Å². The van der Waals surface area contributed by atoms with Crippen LogP contribution in [-0.4, -0.2) is 12.5 Å². The highest BCUT2D eigenvalue weighted by molar-refractivity contribution is 9.10. The number of carbonyl (C=O) groups excluding carboxylic acids is 1. The maximum Gasteiger partial charge on any atom is 0.262 e. The van der Waals surface area contributed by atoms with E-state index in [-0.39, 0.29) is 12.5 Å². The average Bonchev–Trinajstić information content (AvgIpc) is 2.44. The third-order valence-corrected chi connectivity index (χ3v) is 3.60. The number of amides is 1. The van der Waals surface area contributed by atoms with Gasteiger partial charge in [0.25, 0.3) is 5.91 Å². The van der Waals surface area contributed by atoms with Crippen molar-refractivity contribution in [3.05, 3.63) is 51.5 Å². The van der Waals surface area contributed by atoms with E-state index in [0.29, 0.717) is 22.1 Å². The molecular formula is C15H14BrClN2O2. The average molecular weight is 370 g/mol. The number of carbonyl (C=O) groups is 1. The number of anilines is 2. The molecule has 4 nitrogen and oxygen atoms in total. The van der Waals surface area contributed by atoms with Crippen molar-refractivity contribution in [3.63, 3.8) is 0 Å². The number of nitrogens with one attached hydrogen (secondary N) is 1. The molecule has 0 aliphatic carbocycles. The molecule has 0 atom stereocenters. The van der Waals surface area contributed by atoms with Crippen LogP contribution in [-0.2, 0) is 4.79 Å². The van der Waals surface area contributed by atoms with Crippen molar-refractivity contribution in [1.82, 2.24) is 0 Å². The molecule has 0 bridgehead atoms. The number of halogens is 2. The Hall–Kier alpha value is -1.72. The normalized spacial score (nSPS) is 10.2. The topological polar surface area (TPSA) is 64.3 Å². The van der Waals surface area contributed by atoms with Gasteiger partial charge in [0, 0.05) is 10.2 Å². The molecular weight excluding hydrogens is 356 g/mol. The summed E-state index contributed by atoms with van der Waals surface area (Å²) in [4.78, 5) is 11.9. The molecule has 0 aromatic heterocycles. The predicted octanol–water partition coefficient (Wildman–Crippen LogP) is 4.01. The first kappa shape index (κ1) is 15.7. The first-order chi connectivity index (χ1) is 9.95. The van der Waals surface area contributed by atoms with Crippen LogP contribution >= 0.6 is 27.5 Å². The van der Waals surface area contributed by atoms with Crippen LogP contribution in [0.25, 0.3) is 0 Å². The molecule has 2 aromatic rings. The zero-order chi connectivity index (χ0) is 15.4. The summed E-state index contributed by atoms with van der Waals surface area (Å²) in [6.07, 6.45) is 0. The van der Waals surface area contributed by atoms with Gasteiger partial charge in [-0.15, -0.1) is 0 Å². The third-order valence-electron chi connectivity index (χ3n) is 2.77. The Kier molecular flexibility index (Phi) is 5.09. The van der Waals surface area contributed by atoms with Crippen LogP contribution in [0.1, 0.15) is 5.56 Å². The zero-order valence-corrected chi connectivity index (χ0v) is 13.7. The molecule has 0 fully saturated rings. The van der Waals surface area contributed by atoms with E-state index in [1.165, 1.54) is 0 Å². The lowest BCUT2D eigenvalue weighted by atomic mass is 10.2. The van der Waals surface area contributed by atoms with E-state index in [0.717, 1.165) is 10.0 Å². The summed E-state index contributed by atoms with van der Waals surface area (Å²) in [6, 6.07) is 10.5. The van der Waals surface area contributed by atoms with E-state index in [9.17, 15) is 4.79 Å². The lowest BCUT2D eigenvalue weighted by Crippen LogP contribution is -2.20. The van der Waals surface area contributed by atoms with Gasteiger partial charge < -0.3 is 15.8 Å². The Morgan fingerprint density at radius 3 is 2.86 bits per heavy atom. The van der Waals surface area contributed by atoms with Crippen molar-refractivity contribution in [1.29, 1.82) is 0 Å². The Bertz CT molecular complexity index is 677. The number of rotatable bonds is 4. The van der Waals surface area contributed by atoms with Gasteiger partial charge in [-0.2, -0.15) is 0 Å². The van der Waals surface area contributed by atoms with Gasteiger partial charge in [-0.1, -0.05) is 33.6 Å². The molecule has 0 spiro atoms. The Labute approximate surface area is 136 Å². The van der Waals surface area contributed by atoms with E-state index < -0.39 is 0 Å². The molecule has 0 saturated carbocycles.